The number of benzene rings is 1. The number of nitro groups is 1. The summed E-state index contributed by atoms with van der Waals surface area (Å²) in [5.41, 5.74) is 0.806. The molecule has 1 aliphatic carbocycles. The number of hydrogen-bond acceptors (Lipinski definition) is 4. The number of aryl methyl sites for hydroxylation is 1. The van der Waals surface area contributed by atoms with Gasteiger partial charge < -0.3 is 4.74 Å². The van der Waals surface area contributed by atoms with E-state index in [9.17, 15) is 14.9 Å². The number of nitrogens with zero attached hydrogens (tertiary/aromatic N) is 1. The summed E-state index contributed by atoms with van der Waals surface area (Å²) in [5.74, 6) is 0.862. The standard InChI is InChI=1S/C13H15NO4/c1-2-9-7-11(14(16)17)5-6-13(9)18-8-12(15)10-3-4-10/h5-7,10H,2-4,8H2,1H3. The molecule has 0 radical (unpaired) electrons. The van der Waals surface area contributed by atoms with Gasteiger partial charge in [-0.2, -0.15) is 0 Å². The van der Waals surface area contributed by atoms with Crippen molar-refractivity contribution in [2.45, 2.75) is 26.2 Å². The maximum absolute atomic E-state index is 11.5. The Morgan fingerprint density at radius 1 is 1.50 bits per heavy atom. The molecule has 1 aromatic carbocycles. The molecule has 0 aliphatic heterocycles. The summed E-state index contributed by atoms with van der Waals surface area (Å²) < 4.78 is 5.45. The molecule has 0 atom stereocenters. The molecular formula is C13H15NO4. The maximum atomic E-state index is 11.5. The van der Waals surface area contributed by atoms with Gasteiger partial charge in [0.1, 0.15) is 12.4 Å². The summed E-state index contributed by atoms with van der Waals surface area (Å²) in [4.78, 5) is 21.7. The zero-order valence-corrected chi connectivity index (χ0v) is 10.2. The van der Waals surface area contributed by atoms with Gasteiger partial charge in [-0.15, -0.1) is 0 Å². The molecule has 0 bridgehead atoms. The minimum Gasteiger partial charge on any atom is -0.486 e. The molecule has 5 nitrogen and oxygen atoms in total. The van der Waals surface area contributed by atoms with Crippen LogP contribution in [0.2, 0.25) is 0 Å². The van der Waals surface area contributed by atoms with E-state index >= 15 is 0 Å². The number of nitro benzene ring substituents is 1. The van der Waals surface area contributed by atoms with Crippen LogP contribution in [0, 0.1) is 16.0 Å². The van der Waals surface area contributed by atoms with Crippen LogP contribution in [0.1, 0.15) is 25.3 Å². The van der Waals surface area contributed by atoms with E-state index in [2.05, 4.69) is 0 Å². The van der Waals surface area contributed by atoms with E-state index in [1.807, 2.05) is 6.92 Å². The molecule has 0 saturated heterocycles. The van der Waals surface area contributed by atoms with Crippen molar-refractivity contribution in [1.29, 1.82) is 0 Å². The van der Waals surface area contributed by atoms with Gasteiger partial charge >= 0.3 is 0 Å². The Labute approximate surface area is 105 Å². The molecule has 0 aromatic heterocycles. The number of ether oxygens (including phenoxy) is 1. The Hall–Kier alpha value is -1.91. The van der Waals surface area contributed by atoms with Gasteiger partial charge in [0.05, 0.1) is 4.92 Å². The first kappa shape index (κ1) is 12.5. The molecule has 0 spiro atoms. The van der Waals surface area contributed by atoms with Crippen LogP contribution in [0.3, 0.4) is 0 Å². The Morgan fingerprint density at radius 3 is 2.78 bits per heavy atom. The van der Waals surface area contributed by atoms with Gasteiger partial charge in [-0.1, -0.05) is 6.92 Å². The fourth-order valence-corrected chi connectivity index (χ4v) is 1.77. The molecule has 0 heterocycles. The molecule has 0 unspecified atom stereocenters. The van der Waals surface area contributed by atoms with E-state index in [0.29, 0.717) is 12.2 Å². The molecule has 96 valence electrons. The minimum absolute atomic E-state index is 0.0488. The number of rotatable bonds is 6. The second kappa shape index (κ2) is 5.16. The van der Waals surface area contributed by atoms with Gasteiger partial charge in [-0.3, -0.25) is 14.9 Å². The number of non-ortho nitro benzene ring substituents is 1. The van der Waals surface area contributed by atoms with E-state index in [-0.39, 0.29) is 24.0 Å². The Bertz CT molecular complexity index is 480. The van der Waals surface area contributed by atoms with Gasteiger partial charge in [0, 0.05) is 23.6 Å². The van der Waals surface area contributed by atoms with Crippen LogP contribution in [0.5, 0.6) is 5.75 Å². The average molecular weight is 249 g/mol. The highest BCUT2D eigenvalue weighted by molar-refractivity contribution is 5.84. The highest BCUT2D eigenvalue weighted by Gasteiger charge is 2.29. The van der Waals surface area contributed by atoms with E-state index in [1.54, 1.807) is 6.07 Å². The third-order valence-electron chi connectivity index (χ3n) is 3.04. The normalized spacial score (nSPS) is 14.3. The summed E-state index contributed by atoms with van der Waals surface area (Å²) in [6.07, 6.45) is 2.56. The van der Waals surface area contributed by atoms with Crippen LogP contribution in [0.25, 0.3) is 0 Å². The van der Waals surface area contributed by atoms with Crippen LogP contribution in [-0.4, -0.2) is 17.3 Å². The van der Waals surface area contributed by atoms with Gasteiger partial charge in [-0.25, -0.2) is 0 Å². The Kier molecular flexibility index (Phi) is 3.60. The van der Waals surface area contributed by atoms with Crippen LogP contribution in [0.4, 0.5) is 5.69 Å². The highest BCUT2D eigenvalue weighted by Crippen LogP contribution is 2.30. The number of carbonyl (C=O) groups is 1. The Morgan fingerprint density at radius 2 is 2.22 bits per heavy atom. The van der Waals surface area contributed by atoms with Gasteiger partial charge in [0.25, 0.3) is 5.69 Å². The van der Waals surface area contributed by atoms with E-state index in [0.717, 1.165) is 18.4 Å². The van der Waals surface area contributed by atoms with Crippen LogP contribution < -0.4 is 4.74 Å². The molecule has 1 fully saturated rings. The first-order valence-electron chi connectivity index (χ1n) is 6.04. The summed E-state index contributed by atoms with van der Waals surface area (Å²) in [7, 11) is 0. The lowest BCUT2D eigenvalue weighted by atomic mass is 10.1. The van der Waals surface area contributed by atoms with Crippen molar-refractivity contribution in [3.8, 4) is 5.75 Å². The smallest absolute Gasteiger partial charge is 0.269 e. The lowest BCUT2D eigenvalue weighted by Gasteiger charge is -2.09. The predicted molar refractivity (Wildman–Crippen MR) is 65.7 cm³/mol. The molecule has 1 aliphatic rings. The molecule has 2 rings (SSSR count). The summed E-state index contributed by atoms with van der Waals surface area (Å²) in [5, 5.41) is 10.7. The van der Waals surface area contributed by atoms with Crippen molar-refractivity contribution in [3.63, 3.8) is 0 Å². The average Bonchev–Trinajstić information content (AvgIpc) is 3.19. The third kappa shape index (κ3) is 2.85. The number of Topliss-reactive ketones (excluding diaryl/α,β-unsaturated/α-hetero) is 1. The quantitative estimate of drug-likeness (QED) is 0.573. The van der Waals surface area contributed by atoms with Crippen LogP contribution in [-0.2, 0) is 11.2 Å². The second-order valence-corrected chi connectivity index (χ2v) is 4.43. The minimum atomic E-state index is -0.432. The third-order valence-corrected chi connectivity index (χ3v) is 3.04. The fraction of sp³-hybridized carbons (Fsp3) is 0.462. The molecule has 1 aromatic rings. The van der Waals surface area contributed by atoms with Crippen molar-refractivity contribution in [3.05, 3.63) is 33.9 Å². The topological polar surface area (TPSA) is 69.4 Å². The Balaban J connectivity index is 2.06. The van der Waals surface area contributed by atoms with Crippen LogP contribution >= 0.6 is 0 Å². The molecular weight excluding hydrogens is 234 g/mol. The molecule has 0 amide bonds. The van der Waals surface area contributed by atoms with Crippen molar-refractivity contribution < 1.29 is 14.5 Å². The molecule has 5 heteroatoms. The monoisotopic (exact) mass is 249 g/mol. The van der Waals surface area contributed by atoms with Gasteiger partial charge in [0.15, 0.2) is 5.78 Å². The van der Waals surface area contributed by atoms with E-state index in [4.69, 9.17) is 4.74 Å². The van der Waals surface area contributed by atoms with Gasteiger partial charge in [-0.05, 0) is 25.3 Å². The molecule has 18 heavy (non-hydrogen) atoms. The summed E-state index contributed by atoms with van der Waals surface area (Å²) >= 11 is 0. The summed E-state index contributed by atoms with van der Waals surface area (Å²) in [6.45, 7) is 1.96. The lowest BCUT2D eigenvalue weighted by molar-refractivity contribution is -0.384. The van der Waals surface area contributed by atoms with Crippen molar-refractivity contribution in [1.82, 2.24) is 0 Å². The predicted octanol–water partition coefficient (Wildman–Crippen LogP) is 2.52. The van der Waals surface area contributed by atoms with Crippen molar-refractivity contribution in [2.75, 3.05) is 6.61 Å². The SMILES string of the molecule is CCc1cc([N+](=O)[O-])ccc1OCC(=O)C1CC1. The van der Waals surface area contributed by atoms with Crippen molar-refractivity contribution in [2.24, 2.45) is 5.92 Å². The first-order chi connectivity index (χ1) is 8.61. The number of hydrogen-bond donors (Lipinski definition) is 0. The van der Waals surface area contributed by atoms with E-state index < -0.39 is 4.92 Å². The van der Waals surface area contributed by atoms with Crippen molar-refractivity contribution >= 4 is 11.5 Å². The lowest BCUT2D eigenvalue weighted by Crippen LogP contribution is -2.13. The zero-order valence-electron chi connectivity index (χ0n) is 10.2. The van der Waals surface area contributed by atoms with Crippen LogP contribution in [0.15, 0.2) is 18.2 Å². The largest absolute Gasteiger partial charge is 0.486 e. The first-order valence-corrected chi connectivity index (χ1v) is 6.04. The number of ketones is 1. The maximum Gasteiger partial charge on any atom is 0.269 e. The summed E-state index contributed by atoms with van der Waals surface area (Å²) in [6, 6.07) is 4.46. The highest BCUT2D eigenvalue weighted by atomic mass is 16.6. The zero-order chi connectivity index (χ0) is 13.1. The fourth-order valence-electron chi connectivity index (χ4n) is 1.77. The molecule has 1 saturated carbocycles. The number of carbonyl (C=O) groups excluding carboxylic acids is 1. The molecule has 0 N–H and O–H groups in total. The van der Waals surface area contributed by atoms with E-state index in [1.165, 1.54) is 12.1 Å². The van der Waals surface area contributed by atoms with Gasteiger partial charge in [0.2, 0.25) is 0 Å². The second-order valence-electron chi connectivity index (χ2n) is 4.43.